The summed E-state index contributed by atoms with van der Waals surface area (Å²) >= 11 is 3.36. The summed E-state index contributed by atoms with van der Waals surface area (Å²) in [6.45, 7) is 6.63. The van der Waals surface area contributed by atoms with E-state index in [4.69, 9.17) is 0 Å². The van der Waals surface area contributed by atoms with Gasteiger partial charge in [-0.3, -0.25) is 9.79 Å². The fourth-order valence-corrected chi connectivity index (χ4v) is 3.27. The normalized spacial score (nSPS) is 17.7. The Balaban J connectivity index is 1.90. The number of guanidine groups is 1. The minimum atomic E-state index is -0.208. The smallest absolute Gasteiger partial charge is 0.222 e. The summed E-state index contributed by atoms with van der Waals surface area (Å²) in [4.78, 5) is 18.2. The van der Waals surface area contributed by atoms with Crippen molar-refractivity contribution in [2.75, 3.05) is 26.2 Å². The van der Waals surface area contributed by atoms with Crippen LogP contribution in [0.4, 0.5) is 4.39 Å². The quantitative estimate of drug-likeness (QED) is 0.557. The molecule has 1 aliphatic rings. The molecule has 1 atom stereocenters. The number of nitrogens with zero attached hydrogens (tertiary/aromatic N) is 2. The van der Waals surface area contributed by atoms with Crippen molar-refractivity contribution in [3.8, 4) is 0 Å². The molecule has 1 aliphatic heterocycles. The summed E-state index contributed by atoms with van der Waals surface area (Å²) in [5, 5.41) is 6.59. The van der Waals surface area contributed by atoms with Crippen molar-refractivity contribution in [3.63, 3.8) is 0 Å². The van der Waals surface area contributed by atoms with Crippen LogP contribution in [-0.2, 0) is 11.2 Å². The van der Waals surface area contributed by atoms with E-state index in [-0.39, 0.29) is 17.8 Å². The maximum Gasteiger partial charge on any atom is 0.222 e. The highest BCUT2D eigenvalue weighted by Gasteiger charge is 2.25. The Morgan fingerprint density at radius 2 is 2.24 bits per heavy atom. The van der Waals surface area contributed by atoms with Crippen LogP contribution < -0.4 is 10.6 Å². The molecule has 2 rings (SSSR count). The number of benzene rings is 1. The van der Waals surface area contributed by atoms with Gasteiger partial charge in [-0.25, -0.2) is 4.39 Å². The fraction of sp³-hybridized carbons (Fsp3) is 0.556. The Bertz CT molecular complexity index is 623. The molecule has 1 saturated heterocycles. The van der Waals surface area contributed by atoms with E-state index in [1.54, 1.807) is 12.1 Å². The van der Waals surface area contributed by atoms with E-state index < -0.39 is 0 Å². The third-order valence-electron chi connectivity index (χ3n) is 4.19. The first-order valence-corrected chi connectivity index (χ1v) is 9.59. The lowest BCUT2D eigenvalue weighted by Gasteiger charge is -2.18. The number of carbonyl (C=O) groups excluding carboxylic acids is 1. The highest BCUT2D eigenvalue weighted by atomic mass is 79.9. The van der Waals surface area contributed by atoms with Gasteiger partial charge in [0.25, 0.3) is 0 Å². The van der Waals surface area contributed by atoms with Crippen molar-refractivity contribution in [1.82, 2.24) is 15.5 Å². The van der Waals surface area contributed by atoms with Crippen molar-refractivity contribution < 1.29 is 9.18 Å². The van der Waals surface area contributed by atoms with Crippen molar-refractivity contribution in [3.05, 3.63) is 34.1 Å². The predicted octanol–water partition coefficient (Wildman–Crippen LogP) is 2.70. The first kappa shape index (κ1) is 19.7. The van der Waals surface area contributed by atoms with Gasteiger partial charge in [0, 0.05) is 43.1 Å². The van der Waals surface area contributed by atoms with Crippen LogP contribution in [0.15, 0.2) is 27.7 Å². The zero-order valence-electron chi connectivity index (χ0n) is 14.8. The Hall–Kier alpha value is -1.63. The first-order valence-electron chi connectivity index (χ1n) is 8.80. The number of hydrogen-bond acceptors (Lipinski definition) is 2. The minimum Gasteiger partial charge on any atom is -0.357 e. The molecule has 0 radical (unpaired) electrons. The first-order chi connectivity index (χ1) is 12.0. The van der Waals surface area contributed by atoms with Gasteiger partial charge in [0.1, 0.15) is 5.82 Å². The van der Waals surface area contributed by atoms with E-state index in [2.05, 4.69) is 31.6 Å². The summed E-state index contributed by atoms with van der Waals surface area (Å²) < 4.78 is 14.6. The molecular formula is C18H26BrFN4O. The van der Waals surface area contributed by atoms with Gasteiger partial charge in [0.2, 0.25) is 5.91 Å². The van der Waals surface area contributed by atoms with E-state index >= 15 is 0 Å². The average Bonchev–Trinajstić information content (AvgIpc) is 3.06. The third kappa shape index (κ3) is 5.99. The second-order valence-electron chi connectivity index (χ2n) is 6.07. The van der Waals surface area contributed by atoms with E-state index in [9.17, 15) is 9.18 Å². The number of carbonyl (C=O) groups is 1. The van der Waals surface area contributed by atoms with Crippen LogP contribution in [0.2, 0.25) is 0 Å². The zero-order valence-corrected chi connectivity index (χ0v) is 16.4. The molecule has 1 unspecified atom stereocenters. The SMILES string of the molecule is CCNC(=NCCc1cc(Br)ccc1F)NC1CCN(C(=O)CC)C1. The van der Waals surface area contributed by atoms with Crippen molar-refractivity contribution >= 4 is 27.8 Å². The van der Waals surface area contributed by atoms with E-state index in [1.165, 1.54) is 6.07 Å². The monoisotopic (exact) mass is 412 g/mol. The third-order valence-corrected chi connectivity index (χ3v) is 4.68. The zero-order chi connectivity index (χ0) is 18.2. The topological polar surface area (TPSA) is 56.7 Å². The Kier molecular flexibility index (Phi) is 7.68. The largest absolute Gasteiger partial charge is 0.357 e. The Morgan fingerprint density at radius 3 is 2.96 bits per heavy atom. The lowest BCUT2D eigenvalue weighted by molar-refractivity contribution is -0.129. The number of likely N-dealkylation sites (tertiary alicyclic amines) is 1. The molecule has 0 saturated carbocycles. The van der Waals surface area contributed by atoms with Crippen molar-refractivity contribution in [1.29, 1.82) is 0 Å². The standard InChI is InChI=1S/C18H26BrFN4O/c1-3-17(25)24-10-8-15(12-24)23-18(21-4-2)22-9-7-13-11-14(19)5-6-16(13)20/h5-6,11,15H,3-4,7-10,12H2,1-2H3,(H2,21,22,23). The van der Waals surface area contributed by atoms with E-state index in [1.807, 2.05) is 18.7 Å². The Morgan fingerprint density at radius 1 is 1.44 bits per heavy atom. The van der Waals surface area contributed by atoms with Gasteiger partial charge in [0.05, 0.1) is 0 Å². The second kappa shape index (κ2) is 9.75. The molecule has 0 bridgehead atoms. The number of nitrogens with one attached hydrogen (secondary N) is 2. The molecule has 25 heavy (non-hydrogen) atoms. The van der Waals surface area contributed by atoms with Crippen LogP contribution >= 0.6 is 15.9 Å². The van der Waals surface area contributed by atoms with Crippen molar-refractivity contribution in [2.45, 2.75) is 39.2 Å². The minimum absolute atomic E-state index is 0.191. The molecular weight excluding hydrogens is 387 g/mol. The molecule has 0 aromatic heterocycles. The van der Waals surface area contributed by atoms with Crippen LogP contribution in [0.1, 0.15) is 32.3 Å². The van der Waals surface area contributed by atoms with Crippen LogP contribution in [0.25, 0.3) is 0 Å². The number of halogens is 2. The molecule has 138 valence electrons. The number of amides is 1. The van der Waals surface area contributed by atoms with Gasteiger partial charge in [-0.15, -0.1) is 0 Å². The molecule has 5 nitrogen and oxygen atoms in total. The summed E-state index contributed by atoms with van der Waals surface area (Å²) in [5.74, 6) is 0.700. The summed E-state index contributed by atoms with van der Waals surface area (Å²) in [7, 11) is 0. The van der Waals surface area contributed by atoms with Crippen LogP contribution in [0.3, 0.4) is 0 Å². The van der Waals surface area contributed by atoms with Crippen LogP contribution in [-0.4, -0.2) is 49.0 Å². The van der Waals surface area contributed by atoms with Gasteiger partial charge in [-0.2, -0.15) is 0 Å². The van der Waals surface area contributed by atoms with Crippen LogP contribution in [0.5, 0.6) is 0 Å². The summed E-state index contributed by atoms with van der Waals surface area (Å²) in [5.41, 5.74) is 0.648. The lowest BCUT2D eigenvalue weighted by Crippen LogP contribution is -2.45. The molecule has 1 amide bonds. The highest BCUT2D eigenvalue weighted by molar-refractivity contribution is 9.10. The number of rotatable bonds is 6. The maximum absolute atomic E-state index is 13.8. The number of hydrogen-bond donors (Lipinski definition) is 2. The lowest BCUT2D eigenvalue weighted by atomic mass is 10.1. The van der Waals surface area contributed by atoms with E-state index in [0.717, 1.165) is 24.0 Å². The van der Waals surface area contributed by atoms with Crippen molar-refractivity contribution in [2.24, 2.45) is 4.99 Å². The highest BCUT2D eigenvalue weighted by Crippen LogP contribution is 2.16. The van der Waals surface area contributed by atoms with Gasteiger partial charge in [-0.1, -0.05) is 22.9 Å². The van der Waals surface area contributed by atoms with Gasteiger partial charge in [0.15, 0.2) is 5.96 Å². The molecule has 2 N–H and O–H groups in total. The van der Waals surface area contributed by atoms with E-state index in [0.29, 0.717) is 37.5 Å². The molecule has 0 spiro atoms. The van der Waals surface area contributed by atoms with Crippen LogP contribution in [0, 0.1) is 5.82 Å². The van der Waals surface area contributed by atoms with Gasteiger partial charge >= 0.3 is 0 Å². The Labute approximate surface area is 157 Å². The second-order valence-corrected chi connectivity index (χ2v) is 6.99. The van der Waals surface area contributed by atoms with Gasteiger partial charge in [-0.05, 0) is 43.5 Å². The molecule has 1 aromatic carbocycles. The summed E-state index contributed by atoms with van der Waals surface area (Å²) in [6.07, 6.45) is 1.99. The molecule has 1 aromatic rings. The molecule has 1 heterocycles. The predicted molar refractivity (Wildman–Crippen MR) is 102 cm³/mol. The molecule has 1 fully saturated rings. The number of aliphatic imine (C=N–C) groups is 1. The average molecular weight is 413 g/mol. The molecule has 0 aliphatic carbocycles. The summed E-state index contributed by atoms with van der Waals surface area (Å²) in [6, 6.07) is 5.15. The maximum atomic E-state index is 13.8. The fourth-order valence-electron chi connectivity index (χ4n) is 2.86. The molecule has 7 heteroatoms. The van der Waals surface area contributed by atoms with Gasteiger partial charge < -0.3 is 15.5 Å².